The van der Waals surface area contributed by atoms with Gasteiger partial charge in [-0.3, -0.25) is 9.59 Å². The first kappa shape index (κ1) is 19.4. The number of benzene rings is 2. The van der Waals surface area contributed by atoms with E-state index in [4.69, 9.17) is 4.74 Å². The Hall–Kier alpha value is -3.32. The third-order valence-electron chi connectivity index (χ3n) is 4.16. The number of para-hydroxylation sites is 1. The van der Waals surface area contributed by atoms with Gasteiger partial charge in [0.05, 0.1) is 6.61 Å². The van der Waals surface area contributed by atoms with Crippen molar-refractivity contribution in [2.75, 3.05) is 7.11 Å². The number of carbonyl (C=O) groups is 1. The van der Waals surface area contributed by atoms with Crippen LogP contribution in [-0.2, 0) is 17.9 Å². The van der Waals surface area contributed by atoms with E-state index in [0.29, 0.717) is 12.3 Å². The second-order valence-corrected chi connectivity index (χ2v) is 6.30. The summed E-state index contributed by atoms with van der Waals surface area (Å²) in [5.41, 5.74) is 1.63. The van der Waals surface area contributed by atoms with Crippen molar-refractivity contribution in [1.29, 1.82) is 0 Å². The zero-order chi connectivity index (χ0) is 20.1. The van der Waals surface area contributed by atoms with Crippen LogP contribution in [0.3, 0.4) is 0 Å². The summed E-state index contributed by atoms with van der Waals surface area (Å²) in [6, 6.07) is 14.9. The van der Waals surface area contributed by atoms with E-state index in [1.165, 1.54) is 22.9 Å². The summed E-state index contributed by atoms with van der Waals surface area (Å²) >= 11 is 0. The molecule has 28 heavy (non-hydrogen) atoms. The van der Waals surface area contributed by atoms with Crippen LogP contribution in [0.15, 0.2) is 59.4 Å². The maximum Gasteiger partial charge on any atom is 0.276 e. The first-order valence-electron chi connectivity index (χ1n) is 8.70. The van der Waals surface area contributed by atoms with Gasteiger partial charge in [-0.05, 0) is 30.2 Å². The fourth-order valence-corrected chi connectivity index (χ4v) is 2.83. The number of hydrogen-bond acceptors (Lipinski definition) is 4. The first-order valence-corrected chi connectivity index (χ1v) is 8.70. The number of halogens is 1. The molecule has 1 amide bonds. The highest BCUT2D eigenvalue weighted by Gasteiger charge is 2.16. The van der Waals surface area contributed by atoms with Crippen molar-refractivity contribution in [2.24, 2.45) is 0 Å². The van der Waals surface area contributed by atoms with Gasteiger partial charge in [0.15, 0.2) is 5.69 Å². The van der Waals surface area contributed by atoms with Gasteiger partial charge >= 0.3 is 0 Å². The van der Waals surface area contributed by atoms with Crippen LogP contribution in [0.1, 0.15) is 27.3 Å². The van der Waals surface area contributed by atoms with Gasteiger partial charge in [-0.2, -0.15) is 5.10 Å². The summed E-state index contributed by atoms with van der Waals surface area (Å²) in [5.74, 6) is -1.12. The molecule has 0 atom stereocenters. The summed E-state index contributed by atoms with van der Waals surface area (Å²) in [6.07, 6.45) is 0. The summed E-state index contributed by atoms with van der Waals surface area (Å²) in [7, 11) is 1.61. The fourth-order valence-electron chi connectivity index (χ4n) is 2.83. The standard InChI is InChI=1S/C21H20FN3O3/c1-14-10-19(26)20(24-25(14)18-9-4-3-8-17(18)22)21(27)23-12-15-6-5-7-16(11-15)13-28-2/h3-11H,12-13H2,1-2H3,(H,23,27). The van der Waals surface area contributed by atoms with Gasteiger partial charge in [0.2, 0.25) is 5.43 Å². The molecule has 144 valence electrons. The van der Waals surface area contributed by atoms with Crippen molar-refractivity contribution >= 4 is 5.91 Å². The number of carbonyl (C=O) groups excluding carboxylic acids is 1. The molecular weight excluding hydrogens is 361 g/mol. The van der Waals surface area contributed by atoms with Crippen LogP contribution in [0, 0.1) is 12.7 Å². The second kappa shape index (κ2) is 8.58. The Morgan fingerprint density at radius 3 is 2.64 bits per heavy atom. The molecule has 0 radical (unpaired) electrons. The number of rotatable bonds is 6. The lowest BCUT2D eigenvalue weighted by atomic mass is 10.1. The third-order valence-corrected chi connectivity index (χ3v) is 4.16. The van der Waals surface area contributed by atoms with Crippen molar-refractivity contribution in [3.05, 3.63) is 93.2 Å². The molecule has 0 spiro atoms. The van der Waals surface area contributed by atoms with Gasteiger partial charge in [0, 0.05) is 25.4 Å². The summed E-state index contributed by atoms with van der Waals surface area (Å²) in [4.78, 5) is 24.8. The molecule has 0 aliphatic rings. The number of hydrogen-bond donors (Lipinski definition) is 1. The highest BCUT2D eigenvalue weighted by molar-refractivity contribution is 5.92. The number of aromatic nitrogens is 2. The van der Waals surface area contributed by atoms with Crippen LogP contribution in [0.4, 0.5) is 4.39 Å². The number of nitrogens with one attached hydrogen (secondary N) is 1. The summed E-state index contributed by atoms with van der Waals surface area (Å²) < 4.78 is 20.5. The zero-order valence-corrected chi connectivity index (χ0v) is 15.6. The van der Waals surface area contributed by atoms with Crippen LogP contribution in [0.5, 0.6) is 0 Å². The predicted molar refractivity (Wildman–Crippen MR) is 103 cm³/mol. The average Bonchev–Trinajstić information content (AvgIpc) is 2.68. The van der Waals surface area contributed by atoms with Gasteiger partial charge in [-0.25, -0.2) is 9.07 Å². The lowest BCUT2D eigenvalue weighted by Gasteiger charge is -2.12. The summed E-state index contributed by atoms with van der Waals surface area (Å²) in [6.45, 7) is 2.32. The normalized spacial score (nSPS) is 10.7. The van der Waals surface area contributed by atoms with E-state index in [0.717, 1.165) is 11.1 Å². The molecule has 1 aromatic heterocycles. The molecule has 0 bridgehead atoms. The number of nitrogens with zero attached hydrogens (tertiary/aromatic N) is 2. The molecule has 2 aromatic carbocycles. The fraction of sp³-hybridized carbons (Fsp3) is 0.190. The topological polar surface area (TPSA) is 73.2 Å². The van der Waals surface area contributed by atoms with Crippen molar-refractivity contribution in [2.45, 2.75) is 20.1 Å². The average molecular weight is 381 g/mol. The number of ether oxygens (including phenoxy) is 1. The van der Waals surface area contributed by atoms with Crippen LogP contribution < -0.4 is 10.7 Å². The molecule has 3 rings (SSSR count). The Labute approximate surface area is 161 Å². The van der Waals surface area contributed by atoms with E-state index in [9.17, 15) is 14.0 Å². The van der Waals surface area contributed by atoms with Crippen LogP contribution in [0.25, 0.3) is 5.69 Å². The maximum atomic E-state index is 14.1. The van der Waals surface area contributed by atoms with Crippen molar-refractivity contribution in [3.8, 4) is 5.69 Å². The van der Waals surface area contributed by atoms with Gasteiger partial charge in [-0.15, -0.1) is 0 Å². The first-order chi connectivity index (χ1) is 13.5. The predicted octanol–water partition coefficient (Wildman–Crippen LogP) is 2.76. The highest BCUT2D eigenvalue weighted by atomic mass is 19.1. The molecule has 1 N–H and O–H groups in total. The van der Waals surface area contributed by atoms with Crippen LogP contribution in [0.2, 0.25) is 0 Å². The quantitative estimate of drug-likeness (QED) is 0.713. The number of methoxy groups -OCH3 is 1. The second-order valence-electron chi connectivity index (χ2n) is 6.30. The number of amides is 1. The maximum absolute atomic E-state index is 14.1. The zero-order valence-electron chi connectivity index (χ0n) is 15.6. The highest BCUT2D eigenvalue weighted by Crippen LogP contribution is 2.13. The van der Waals surface area contributed by atoms with E-state index in [-0.39, 0.29) is 17.9 Å². The lowest BCUT2D eigenvalue weighted by molar-refractivity contribution is 0.0943. The molecular formula is C21H20FN3O3. The van der Waals surface area contributed by atoms with Crippen molar-refractivity contribution in [1.82, 2.24) is 15.1 Å². The SMILES string of the molecule is COCc1cccc(CNC(=O)c2nn(-c3ccccc3F)c(C)cc2=O)c1. The molecule has 1 heterocycles. The molecule has 3 aromatic rings. The monoisotopic (exact) mass is 381 g/mol. The Morgan fingerprint density at radius 2 is 1.89 bits per heavy atom. The molecule has 0 saturated heterocycles. The minimum Gasteiger partial charge on any atom is -0.380 e. The van der Waals surface area contributed by atoms with E-state index in [2.05, 4.69) is 10.4 Å². The van der Waals surface area contributed by atoms with Gasteiger partial charge < -0.3 is 10.1 Å². The largest absolute Gasteiger partial charge is 0.380 e. The minimum absolute atomic E-state index is 0.168. The van der Waals surface area contributed by atoms with E-state index in [1.807, 2.05) is 24.3 Å². The minimum atomic E-state index is -0.618. The molecule has 6 nitrogen and oxygen atoms in total. The number of aryl methyl sites for hydroxylation is 1. The van der Waals surface area contributed by atoms with Crippen molar-refractivity contribution < 1.29 is 13.9 Å². The van der Waals surface area contributed by atoms with Gasteiger partial charge in [0.25, 0.3) is 5.91 Å². The molecule has 0 saturated carbocycles. The molecule has 0 aliphatic heterocycles. The van der Waals surface area contributed by atoms with Gasteiger partial charge in [-0.1, -0.05) is 36.4 Å². The molecule has 0 fully saturated rings. The van der Waals surface area contributed by atoms with E-state index in [1.54, 1.807) is 26.2 Å². The van der Waals surface area contributed by atoms with Gasteiger partial charge in [0.1, 0.15) is 11.5 Å². The summed E-state index contributed by atoms with van der Waals surface area (Å²) in [5, 5.41) is 6.78. The van der Waals surface area contributed by atoms with E-state index < -0.39 is 17.2 Å². The third kappa shape index (κ3) is 4.32. The smallest absolute Gasteiger partial charge is 0.276 e. The van der Waals surface area contributed by atoms with E-state index >= 15 is 0 Å². The van der Waals surface area contributed by atoms with Crippen molar-refractivity contribution in [3.63, 3.8) is 0 Å². The Morgan fingerprint density at radius 1 is 1.14 bits per heavy atom. The molecule has 0 unspecified atom stereocenters. The van der Waals surface area contributed by atoms with Crippen LogP contribution >= 0.6 is 0 Å². The Kier molecular flexibility index (Phi) is 5.96. The Bertz CT molecular complexity index is 1060. The molecule has 0 aliphatic carbocycles. The molecule has 7 heteroatoms. The lowest BCUT2D eigenvalue weighted by Crippen LogP contribution is -2.31. The Balaban J connectivity index is 1.84. The van der Waals surface area contributed by atoms with Crippen LogP contribution in [-0.4, -0.2) is 22.8 Å².